The number of likely N-dealkylation sites (N-methyl/N-ethyl adjacent to an activating group) is 1. The van der Waals surface area contributed by atoms with Crippen molar-refractivity contribution in [2.45, 2.75) is 90.2 Å². The normalized spacial score (nSPS) is 31.4. The number of hydrogen-bond acceptors (Lipinski definition) is 2. The van der Waals surface area contributed by atoms with Crippen LogP contribution in [0.5, 0.6) is 0 Å². The summed E-state index contributed by atoms with van der Waals surface area (Å²) in [6.07, 6.45) is 12.3. The lowest BCUT2D eigenvalue weighted by molar-refractivity contribution is -0.0799. The first kappa shape index (κ1) is 16.3. The fourth-order valence-corrected chi connectivity index (χ4v) is 4.74. The minimum Gasteiger partial charge on any atom is -0.374 e. The number of nitrogens with one attached hydrogen (secondary N) is 1. The van der Waals surface area contributed by atoms with Crippen LogP contribution in [-0.2, 0) is 4.74 Å². The summed E-state index contributed by atoms with van der Waals surface area (Å²) in [5, 5.41) is 3.83. The van der Waals surface area contributed by atoms with Gasteiger partial charge in [0.05, 0.1) is 5.60 Å². The van der Waals surface area contributed by atoms with E-state index in [9.17, 15) is 0 Å². The van der Waals surface area contributed by atoms with Crippen molar-refractivity contribution in [1.29, 1.82) is 0 Å². The van der Waals surface area contributed by atoms with E-state index in [-0.39, 0.29) is 5.60 Å². The lowest BCUT2D eigenvalue weighted by atomic mass is 9.72. The Morgan fingerprint density at radius 2 is 1.70 bits per heavy atom. The van der Waals surface area contributed by atoms with E-state index in [2.05, 4.69) is 26.1 Å². The Balaban J connectivity index is 2.05. The second-order valence-corrected chi connectivity index (χ2v) is 6.93. The first-order chi connectivity index (χ1) is 9.75. The van der Waals surface area contributed by atoms with Gasteiger partial charge in [0.25, 0.3) is 0 Å². The van der Waals surface area contributed by atoms with Gasteiger partial charge in [0.1, 0.15) is 0 Å². The van der Waals surface area contributed by atoms with Crippen molar-refractivity contribution < 1.29 is 4.74 Å². The first-order valence-corrected chi connectivity index (χ1v) is 9.13. The summed E-state index contributed by atoms with van der Waals surface area (Å²) >= 11 is 0. The molecule has 20 heavy (non-hydrogen) atoms. The van der Waals surface area contributed by atoms with Gasteiger partial charge in [-0.1, -0.05) is 46.0 Å². The molecule has 2 heteroatoms. The third-order valence-corrected chi connectivity index (χ3v) is 5.81. The smallest absolute Gasteiger partial charge is 0.0837 e. The van der Waals surface area contributed by atoms with E-state index in [1.807, 2.05) is 0 Å². The van der Waals surface area contributed by atoms with Crippen molar-refractivity contribution in [2.24, 2.45) is 11.8 Å². The van der Waals surface area contributed by atoms with E-state index in [1.165, 1.54) is 57.8 Å². The number of hydrogen-bond donors (Lipinski definition) is 1. The highest BCUT2D eigenvalue weighted by atomic mass is 16.5. The molecule has 2 fully saturated rings. The predicted octanol–water partition coefficient (Wildman–Crippen LogP) is 4.53. The van der Waals surface area contributed by atoms with Gasteiger partial charge in [-0.3, -0.25) is 0 Å². The Morgan fingerprint density at radius 3 is 2.20 bits per heavy atom. The maximum absolute atomic E-state index is 6.35. The van der Waals surface area contributed by atoms with Gasteiger partial charge in [0.15, 0.2) is 0 Å². The van der Waals surface area contributed by atoms with Crippen LogP contribution >= 0.6 is 0 Å². The maximum Gasteiger partial charge on any atom is 0.0837 e. The Kier molecular flexibility index (Phi) is 6.35. The third kappa shape index (κ3) is 3.57. The molecule has 0 heterocycles. The summed E-state index contributed by atoms with van der Waals surface area (Å²) in [6, 6.07) is 0.591. The first-order valence-electron chi connectivity index (χ1n) is 9.13. The van der Waals surface area contributed by atoms with Gasteiger partial charge in [-0.2, -0.15) is 0 Å². The molecule has 2 rings (SSSR count). The van der Waals surface area contributed by atoms with Crippen LogP contribution in [0.4, 0.5) is 0 Å². The Morgan fingerprint density at radius 1 is 1.05 bits per heavy atom. The van der Waals surface area contributed by atoms with Crippen molar-refractivity contribution in [1.82, 2.24) is 5.32 Å². The van der Waals surface area contributed by atoms with Gasteiger partial charge < -0.3 is 10.1 Å². The molecule has 2 aliphatic carbocycles. The highest BCUT2D eigenvalue weighted by molar-refractivity contribution is 5.01. The molecule has 1 atom stereocenters. The number of ether oxygens (including phenoxy) is 1. The fraction of sp³-hybridized carbons (Fsp3) is 1.00. The van der Waals surface area contributed by atoms with Crippen LogP contribution in [-0.4, -0.2) is 24.8 Å². The fourth-order valence-electron chi connectivity index (χ4n) is 4.74. The molecule has 0 radical (unpaired) electrons. The number of rotatable bonds is 7. The summed E-state index contributed by atoms with van der Waals surface area (Å²) in [6.45, 7) is 8.71. The molecule has 118 valence electrons. The van der Waals surface area contributed by atoms with Gasteiger partial charge in [0, 0.05) is 12.6 Å². The lowest BCUT2D eigenvalue weighted by Crippen LogP contribution is -2.55. The highest BCUT2D eigenvalue weighted by Crippen LogP contribution is 2.43. The van der Waals surface area contributed by atoms with Crippen LogP contribution in [0.15, 0.2) is 0 Å². The van der Waals surface area contributed by atoms with Gasteiger partial charge >= 0.3 is 0 Å². The lowest BCUT2D eigenvalue weighted by Gasteiger charge is -2.44. The predicted molar refractivity (Wildman–Crippen MR) is 86.0 cm³/mol. The van der Waals surface area contributed by atoms with Crippen LogP contribution in [0, 0.1) is 11.8 Å². The average molecular weight is 281 g/mol. The van der Waals surface area contributed by atoms with Crippen LogP contribution in [0.3, 0.4) is 0 Å². The molecule has 0 amide bonds. The summed E-state index contributed by atoms with van der Waals surface area (Å²) in [7, 11) is 0. The molecule has 1 unspecified atom stereocenters. The SMILES string of the molecule is CCNC(C1CCC(CC)CC1)C1(OCC)CCCC1. The van der Waals surface area contributed by atoms with Gasteiger partial charge in [-0.25, -0.2) is 0 Å². The molecular weight excluding hydrogens is 246 g/mol. The molecule has 0 aliphatic heterocycles. The molecule has 2 aliphatic rings. The zero-order chi connectivity index (χ0) is 14.4. The molecule has 2 saturated carbocycles. The summed E-state index contributed by atoms with van der Waals surface area (Å²) in [4.78, 5) is 0. The molecule has 0 aromatic rings. The summed E-state index contributed by atoms with van der Waals surface area (Å²) < 4.78 is 6.35. The summed E-state index contributed by atoms with van der Waals surface area (Å²) in [5.41, 5.74) is 0.147. The Labute approximate surface area is 126 Å². The van der Waals surface area contributed by atoms with Gasteiger partial charge in [-0.15, -0.1) is 0 Å². The Hall–Kier alpha value is -0.0800. The van der Waals surface area contributed by atoms with E-state index in [4.69, 9.17) is 4.74 Å². The van der Waals surface area contributed by atoms with Crippen molar-refractivity contribution >= 4 is 0 Å². The second kappa shape index (κ2) is 7.79. The van der Waals surface area contributed by atoms with Crippen LogP contribution < -0.4 is 5.32 Å². The van der Waals surface area contributed by atoms with Crippen molar-refractivity contribution in [3.05, 3.63) is 0 Å². The van der Waals surface area contributed by atoms with Crippen molar-refractivity contribution in [2.75, 3.05) is 13.2 Å². The van der Waals surface area contributed by atoms with Crippen molar-refractivity contribution in [3.63, 3.8) is 0 Å². The molecule has 0 aromatic carbocycles. The summed E-state index contributed by atoms with van der Waals surface area (Å²) in [5.74, 6) is 1.82. The standard InChI is InChI=1S/C18H35NO/c1-4-15-9-11-16(12-10-15)17(19-5-2)18(20-6-3)13-7-8-14-18/h15-17,19H,4-14H2,1-3H3. The monoisotopic (exact) mass is 281 g/mol. The molecule has 1 N–H and O–H groups in total. The van der Waals surface area contributed by atoms with E-state index in [0.29, 0.717) is 6.04 Å². The maximum atomic E-state index is 6.35. The largest absolute Gasteiger partial charge is 0.374 e. The highest BCUT2D eigenvalue weighted by Gasteiger charge is 2.45. The minimum atomic E-state index is 0.147. The third-order valence-electron chi connectivity index (χ3n) is 5.81. The second-order valence-electron chi connectivity index (χ2n) is 6.93. The molecule has 0 saturated heterocycles. The average Bonchev–Trinajstić information content (AvgIpc) is 2.95. The van der Waals surface area contributed by atoms with Gasteiger partial charge in [0.2, 0.25) is 0 Å². The molecule has 0 aromatic heterocycles. The van der Waals surface area contributed by atoms with Crippen LogP contribution in [0.25, 0.3) is 0 Å². The molecule has 2 nitrogen and oxygen atoms in total. The zero-order valence-corrected chi connectivity index (χ0v) is 13.9. The van der Waals surface area contributed by atoms with Crippen LogP contribution in [0.1, 0.15) is 78.6 Å². The molecule has 0 bridgehead atoms. The topological polar surface area (TPSA) is 21.3 Å². The van der Waals surface area contributed by atoms with E-state index in [0.717, 1.165) is 25.0 Å². The van der Waals surface area contributed by atoms with Crippen molar-refractivity contribution in [3.8, 4) is 0 Å². The molecular formula is C18H35NO. The zero-order valence-electron chi connectivity index (χ0n) is 13.9. The molecule has 0 spiro atoms. The van der Waals surface area contributed by atoms with Gasteiger partial charge in [-0.05, 0) is 51.0 Å². The van der Waals surface area contributed by atoms with E-state index < -0.39 is 0 Å². The Bertz CT molecular complexity index is 265. The quantitative estimate of drug-likeness (QED) is 0.740. The minimum absolute atomic E-state index is 0.147. The van der Waals surface area contributed by atoms with Crippen LogP contribution in [0.2, 0.25) is 0 Å². The van der Waals surface area contributed by atoms with E-state index in [1.54, 1.807) is 0 Å². The van der Waals surface area contributed by atoms with E-state index >= 15 is 0 Å².